The minimum absolute atomic E-state index is 0.131. The molecule has 0 spiro atoms. The van der Waals surface area contributed by atoms with Gasteiger partial charge in [0.15, 0.2) is 0 Å². The van der Waals surface area contributed by atoms with E-state index in [1.807, 2.05) is 0 Å². The molecule has 0 aliphatic heterocycles. The maximum Gasteiger partial charge on any atom is 0.417 e. The topological polar surface area (TPSA) is 89.4 Å². The number of pyridine rings is 1. The third kappa shape index (κ3) is 3.83. The first kappa shape index (κ1) is 20.2. The van der Waals surface area contributed by atoms with Crippen molar-refractivity contribution in [3.05, 3.63) is 65.9 Å². The largest absolute Gasteiger partial charge is 0.417 e. The molecule has 1 aliphatic carbocycles. The van der Waals surface area contributed by atoms with Crippen LogP contribution in [0.3, 0.4) is 0 Å². The van der Waals surface area contributed by atoms with E-state index in [2.05, 4.69) is 15.0 Å². The summed E-state index contributed by atoms with van der Waals surface area (Å²) < 4.78 is 40.3. The lowest BCUT2D eigenvalue weighted by Gasteiger charge is -2.23. The third-order valence-corrected chi connectivity index (χ3v) is 5.59. The Balaban J connectivity index is 1.46. The SMILES string of the molecule is Nc1nc2ccc(C(=O)N(Cc3ccc(C(F)(F)F)cn3)CC3CC3)cc2n2cncc12. The number of nitrogens with zero attached hydrogens (tertiary/aromatic N) is 5. The van der Waals surface area contributed by atoms with Crippen molar-refractivity contribution in [1.82, 2.24) is 24.3 Å². The number of benzene rings is 1. The van der Waals surface area contributed by atoms with Crippen LogP contribution < -0.4 is 5.73 Å². The number of amides is 1. The van der Waals surface area contributed by atoms with Gasteiger partial charge in [-0.15, -0.1) is 0 Å². The highest BCUT2D eigenvalue weighted by molar-refractivity contribution is 5.98. The van der Waals surface area contributed by atoms with E-state index in [-0.39, 0.29) is 12.5 Å². The molecule has 0 atom stereocenters. The first-order valence-corrected chi connectivity index (χ1v) is 10.1. The van der Waals surface area contributed by atoms with E-state index >= 15 is 0 Å². The molecule has 0 bridgehead atoms. The lowest BCUT2D eigenvalue weighted by molar-refractivity contribution is -0.137. The zero-order chi connectivity index (χ0) is 22.5. The fourth-order valence-electron chi connectivity index (χ4n) is 3.70. The van der Waals surface area contributed by atoms with Crippen LogP contribution in [-0.2, 0) is 12.7 Å². The highest BCUT2D eigenvalue weighted by atomic mass is 19.4. The molecule has 7 nitrogen and oxygen atoms in total. The Labute approximate surface area is 180 Å². The van der Waals surface area contributed by atoms with Gasteiger partial charge in [-0.3, -0.25) is 14.2 Å². The molecule has 1 saturated carbocycles. The van der Waals surface area contributed by atoms with Crippen LogP contribution >= 0.6 is 0 Å². The summed E-state index contributed by atoms with van der Waals surface area (Å²) in [5, 5.41) is 0. The van der Waals surface area contributed by atoms with Crippen LogP contribution in [0.2, 0.25) is 0 Å². The Morgan fingerprint density at radius 2 is 1.97 bits per heavy atom. The monoisotopic (exact) mass is 440 g/mol. The van der Waals surface area contributed by atoms with Crippen LogP contribution in [0, 0.1) is 5.92 Å². The Morgan fingerprint density at radius 1 is 1.16 bits per heavy atom. The normalized spacial score (nSPS) is 14.2. The van der Waals surface area contributed by atoms with Crippen molar-refractivity contribution >= 4 is 28.3 Å². The average molecular weight is 440 g/mol. The smallest absolute Gasteiger partial charge is 0.382 e. The van der Waals surface area contributed by atoms with Gasteiger partial charge in [0.2, 0.25) is 0 Å². The third-order valence-electron chi connectivity index (χ3n) is 5.59. The first-order chi connectivity index (χ1) is 15.3. The standard InChI is InChI=1S/C22H19F3N6O/c23-22(24,25)15-4-5-16(28-8-15)11-30(10-13-1-2-13)21(32)14-3-6-17-18(7-14)31-12-27-9-19(31)20(26)29-17/h3-9,12-13H,1-2,10-11H2,(H2,26,29). The van der Waals surface area contributed by atoms with Gasteiger partial charge in [-0.1, -0.05) is 0 Å². The van der Waals surface area contributed by atoms with Gasteiger partial charge >= 0.3 is 6.18 Å². The van der Waals surface area contributed by atoms with E-state index < -0.39 is 11.7 Å². The summed E-state index contributed by atoms with van der Waals surface area (Å²) in [6, 6.07) is 7.45. The number of nitrogens with two attached hydrogens (primary N) is 1. The number of halogens is 3. The quantitative estimate of drug-likeness (QED) is 0.508. The molecule has 2 N–H and O–H groups in total. The predicted molar refractivity (Wildman–Crippen MR) is 112 cm³/mol. The second kappa shape index (κ2) is 7.47. The molecule has 0 radical (unpaired) electrons. The molecule has 0 saturated heterocycles. The number of alkyl halides is 3. The van der Waals surface area contributed by atoms with Crippen molar-refractivity contribution in [2.75, 3.05) is 12.3 Å². The van der Waals surface area contributed by atoms with Gasteiger partial charge in [0.1, 0.15) is 11.3 Å². The zero-order valence-corrected chi connectivity index (χ0v) is 16.9. The lowest BCUT2D eigenvalue weighted by atomic mass is 10.1. The molecule has 10 heteroatoms. The van der Waals surface area contributed by atoms with Gasteiger partial charge in [-0.25, -0.2) is 9.97 Å². The summed E-state index contributed by atoms with van der Waals surface area (Å²) in [6.45, 7) is 0.659. The predicted octanol–water partition coefficient (Wildman–Crippen LogP) is 3.93. The molecule has 3 heterocycles. The Kier molecular flexibility index (Phi) is 4.72. The summed E-state index contributed by atoms with van der Waals surface area (Å²) in [6.07, 6.45) is 1.62. The molecule has 5 rings (SSSR count). The lowest BCUT2D eigenvalue weighted by Crippen LogP contribution is -2.32. The maximum atomic E-state index is 13.4. The summed E-state index contributed by atoms with van der Waals surface area (Å²) in [7, 11) is 0. The van der Waals surface area contributed by atoms with Crippen molar-refractivity contribution in [3.8, 4) is 0 Å². The molecular weight excluding hydrogens is 421 g/mol. The van der Waals surface area contributed by atoms with Gasteiger partial charge in [0.05, 0.1) is 41.4 Å². The summed E-state index contributed by atoms with van der Waals surface area (Å²) in [5.74, 6) is 0.527. The van der Waals surface area contributed by atoms with Crippen LogP contribution in [0.25, 0.3) is 16.6 Å². The Hall–Kier alpha value is -3.69. The number of rotatable bonds is 5. The van der Waals surface area contributed by atoms with Gasteiger partial charge in [0, 0.05) is 18.3 Å². The number of fused-ring (bicyclic) bond motifs is 3. The fraction of sp³-hybridized carbons (Fsp3) is 0.273. The van der Waals surface area contributed by atoms with Crippen LogP contribution in [0.15, 0.2) is 49.1 Å². The molecule has 164 valence electrons. The zero-order valence-electron chi connectivity index (χ0n) is 16.9. The number of aromatic nitrogens is 4. The average Bonchev–Trinajstić information content (AvgIpc) is 3.43. The highest BCUT2D eigenvalue weighted by Gasteiger charge is 2.31. The van der Waals surface area contributed by atoms with Crippen LogP contribution in [-0.4, -0.2) is 36.7 Å². The fourth-order valence-corrected chi connectivity index (χ4v) is 3.70. The Morgan fingerprint density at radius 3 is 2.66 bits per heavy atom. The molecule has 3 aromatic heterocycles. The van der Waals surface area contributed by atoms with Gasteiger partial charge in [-0.05, 0) is 49.1 Å². The summed E-state index contributed by atoms with van der Waals surface area (Å²) in [4.78, 5) is 27.4. The van der Waals surface area contributed by atoms with E-state index in [9.17, 15) is 18.0 Å². The molecular formula is C22H19F3N6O. The van der Waals surface area contributed by atoms with Crippen molar-refractivity contribution in [1.29, 1.82) is 0 Å². The number of anilines is 1. The second-order valence-corrected chi connectivity index (χ2v) is 8.01. The van der Waals surface area contributed by atoms with Gasteiger partial charge < -0.3 is 10.6 Å². The van der Waals surface area contributed by atoms with Crippen LogP contribution in [0.1, 0.15) is 34.5 Å². The van der Waals surface area contributed by atoms with Crippen LogP contribution in [0.4, 0.5) is 19.0 Å². The molecule has 1 aliphatic rings. The van der Waals surface area contributed by atoms with E-state index in [1.165, 1.54) is 6.07 Å². The first-order valence-electron chi connectivity index (χ1n) is 10.1. The summed E-state index contributed by atoms with van der Waals surface area (Å²) in [5.41, 5.74) is 7.98. The van der Waals surface area contributed by atoms with Crippen molar-refractivity contribution in [2.45, 2.75) is 25.6 Å². The molecule has 1 aromatic carbocycles. The number of carbonyl (C=O) groups excluding carboxylic acids is 1. The van der Waals surface area contributed by atoms with Gasteiger partial charge in [0.25, 0.3) is 5.91 Å². The number of carbonyl (C=O) groups is 1. The Bertz CT molecular complexity index is 1310. The number of hydrogen-bond acceptors (Lipinski definition) is 5. The van der Waals surface area contributed by atoms with Crippen molar-refractivity contribution < 1.29 is 18.0 Å². The van der Waals surface area contributed by atoms with Crippen molar-refractivity contribution in [2.24, 2.45) is 5.92 Å². The molecule has 4 aromatic rings. The maximum absolute atomic E-state index is 13.4. The number of imidazole rings is 1. The minimum atomic E-state index is -4.45. The number of hydrogen-bond donors (Lipinski definition) is 1. The van der Waals surface area contributed by atoms with Crippen LogP contribution in [0.5, 0.6) is 0 Å². The minimum Gasteiger partial charge on any atom is -0.382 e. The summed E-state index contributed by atoms with van der Waals surface area (Å²) >= 11 is 0. The van der Waals surface area contributed by atoms with E-state index in [4.69, 9.17) is 5.73 Å². The van der Waals surface area contributed by atoms with E-state index in [1.54, 1.807) is 40.0 Å². The molecule has 1 fully saturated rings. The number of nitrogen functional groups attached to an aromatic ring is 1. The molecule has 32 heavy (non-hydrogen) atoms. The van der Waals surface area contributed by atoms with E-state index in [0.717, 1.165) is 25.1 Å². The van der Waals surface area contributed by atoms with E-state index in [0.29, 0.717) is 46.1 Å². The van der Waals surface area contributed by atoms with Gasteiger partial charge in [-0.2, -0.15) is 13.2 Å². The molecule has 1 amide bonds. The van der Waals surface area contributed by atoms with Crippen molar-refractivity contribution in [3.63, 3.8) is 0 Å². The second-order valence-electron chi connectivity index (χ2n) is 8.01. The molecule has 0 unspecified atom stereocenters. The highest BCUT2D eigenvalue weighted by Crippen LogP contribution is 2.32.